The van der Waals surface area contributed by atoms with Gasteiger partial charge in [-0.3, -0.25) is 4.79 Å². The molecule has 5 unspecified atom stereocenters. The van der Waals surface area contributed by atoms with Crippen molar-refractivity contribution in [3.05, 3.63) is 12.2 Å². The lowest BCUT2D eigenvalue weighted by Crippen LogP contribution is -2.42. The molecule has 6 heteroatoms. The molecule has 3 aliphatic rings. The van der Waals surface area contributed by atoms with E-state index in [4.69, 9.17) is 14.2 Å². The van der Waals surface area contributed by atoms with Crippen molar-refractivity contribution in [3.8, 4) is 0 Å². The molecule has 0 N–H and O–H groups in total. The van der Waals surface area contributed by atoms with E-state index < -0.39 is 24.6 Å². The molecule has 0 spiro atoms. The van der Waals surface area contributed by atoms with Crippen LogP contribution in [0.25, 0.3) is 0 Å². The highest BCUT2D eigenvalue weighted by molar-refractivity contribution is 5.88. The number of carbonyl (C=O) groups excluding carboxylic acids is 3. The van der Waals surface area contributed by atoms with Crippen molar-refractivity contribution in [1.82, 2.24) is 0 Å². The summed E-state index contributed by atoms with van der Waals surface area (Å²) in [6.45, 7) is 6.50. The molecule has 0 radical (unpaired) electrons. The molecule has 21 heavy (non-hydrogen) atoms. The van der Waals surface area contributed by atoms with E-state index in [1.165, 1.54) is 6.92 Å². The molecule has 3 fully saturated rings. The molecule has 3 rings (SSSR count). The Hall–Kier alpha value is -1.85. The maximum atomic E-state index is 11.8. The Morgan fingerprint density at radius 1 is 1.43 bits per heavy atom. The second kappa shape index (κ2) is 4.58. The number of carbonyl (C=O) groups is 3. The molecular formula is C15H18O6. The molecule has 1 saturated heterocycles. The van der Waals surface area contributed by atoms with Gasteiger partial charge in [-0.2, -0.15) is 0 Å². The fraction of sp³-hybridized carbons (Fsp3) is 0.667. The zero-order valence-corrected chi connectivity index (χ0v) is 12.1. The number of rotatable bonds is 4. The van der Waals surface area contributed by atoms with Crippen LogP contribution in [0.4, 0.5) is 0 Å². The van der Waals surface area contributed by atoms with Gasteiger partial charge in [0, 0.05) is 16.9 Å². The molecule has 0 aromatic carbocycles. The molecule has 1 aliphatic heterocycles. The maximum Gasteiger partial charge on any atom is 0.344 e. The van der Waals surface area contributed by atoms with E-state index in [-0.39, 0.29) is 34.9 Å². The Bertz CT molecular complexity index is 538. The lowest BCUT2D eigenvalue weighted by molar-refractivity contribution is -0.172. The highest BCUT2D eigenvalue weighted by Gasteiger charge is 2.68. The first-order valence-corrected chi connectivity index (χ1v) is 7.04. The van der Waals surface area contributed by atoms with Crippen LogP contribution in [0.3, 0.4) is 0 Å². The lowest BCUT2D eigenvalue weighted by atomic mass is 9.79. The molecule has 2 aliphatic carbocycles. The molecule has 1 heterocycles. The second-order valence-electron chi connectivity index (χ2n) is 6.50. The summed E-state index contributed by atoms with van der Waals surface area (Å²) in [5.41, 5.74) is 0.00226. The van der Waals surface area contributed by atoms with Gasteiger partial charge in [-0.1, -0.05) is 13.5 Å². The van der Waals surface area contributed by atoms with E-state index in [1.54, 1.807) is 0 Å². The van der Waals surface area contributed by atoms with Crippen molar-refractivity contribution in [1.29, 1.82) is 0 Å². The predicted octanol–water partition coefficient (Wildman–Crippen LogP) is 0.989. The van der Waals surface area contributed by atoms with Crippen LogP contribution in [0.1, 0.15) is 26.7 Å². The summed E-state index contributed by atoms with van der Waals surface area (Å²) in [6.07, 6.45) is 0.733. The number of fused-ring (bicyclic) bond motifs is 1. The van der Waals surface area contributed by atoms with Crippen LogP contribution < -0.4 is 0 Å². The Morgan fingerprint density at radius 2 is 2.14 bits per heavy atom. The van der Waals surface area contributed by atoms with Gasteiger partial charge in [0.15, 0.2) is 6.61 Å². The van der Waals surface area contributed by atoms with Gasteiger partial charge in [-0.25, -0.2) is 9.59 Å². The van der Waals surface area contributed by atoms with E-state index in [9.17, 15) is 14.4 Å². The second-order valence-corrected chi connectivity index (χ2v) is 6.50. The van der Waals surface area contributed by atoms with Crippen LogP contribution in [0.5, 0.6) is 0 Å². The number of hydrogen-bond acceptors (Lipinski definition) is 6. The molecular weight excluding hydrogens is 276 g/mol. The van der Waals surface area contributed by atoms with Crippen LogP contribution in [0.2, 0.25) is 0 Å². The third-order valence-electron chi connectivity index (χ3n) is 4.80. The average molecular weight is 294 g/mol. The normalized spacial score (nSPS) is 39.0. The third-order valence-corrected chi connectivity index (χ3v) is 4.80. The lowest BCUT2D eigenvalue weighted by Gasteiger charge is -2.32. The monoisotopic (exact) mass is 294 g/mol. The predicted molar refractivity (Wildman–Crippen MR) is 69.9 cm³/mol. The highest BCUT2D eigenvalue weighted by Crippen LogP contribution is 2.62. The van der Waals surface area contributed by atoms with Crippen molar-refractivity contribution in [3.63, 3.8) is 0 Å². The molecule has 0 aromatic rings. The molecule has 2 bridgehead atoms. The first-order chi connectivity index (χ1) is 9.82. The van der Waals surface area contributed by atoms with Crippen LogP contribution in [-0.4, -0.2) is 36.7 Å². The van der Waals surface area contributed by atoms with Crippen molar-refractivity contribution in [2.75, 3.05) is 6.61 Å². The minimum Gasteiger partial charge on any atom is -0.458 e. The largest absolute Gasteiger partial charge is 0.458 e. The summed E-state index contributed by atoms with van der Waals surface area (Å²) >= 11 is 0. The van der Waals surface area contributed by atoms with Gasteiger partial charge in [0.2, 0.25) is 0 Å². The Labute approximate surface area is 122 Å². The fourth-order valence-corrected chi connectivity index (χ4v) is 3.88. The molecule has 114 valence electrons. The van der Waals surface area contributed by atoms with E-state index >= 15 is 0 Å². The molecule has 6 nitrogen and oxygen atoms in total. The van der Waals surface area contributed by atoms with Crippen molar-refractivity contribution < 1.29 is 28.6 Å². The van der Waals surface area contributed by atoms with Gasteiger partial charge < -0.3 is 14.2 Å². The Balaban J connectivity index is 1.61. The van der Waals surface area contributed by atoms with Crippen molar-refractivity contribution in [2.24, 2.45) is 17.3 Å². The van der Waals surface area contributed by atoms with Gasteiger partial charge >= 0.3 is 17.9 Å². The Kier molecular flexibility index (Phi) is 3.07. The van der Waals surface area contributed by atoms with E-state index in [0.717, 1.165) is 6.42 Å². The van der Waals surface area contributed by atoms with Gasteiger partial charge in [0.05, 0.1) is 5.92 Å². The Morgan fingerprint density at radius 3 is 2.81 bits per heavy atom. The number of hydrogen-bond donors (Lipinski definition) is 0. The van der Waals surface area contributed by atoms with Gasteiger partial charge in [0.25, 0.3) is 0 Å². The van der Waals surface area contributed by atoms with E-state index in [2.05, 4.69) is 6.58 Å². The summed E-state index contributed by atoms with van der Waals surface area (Å²) in [7, 11) is 0. The molecule has 5 atom stereocenters. The number of esters is 3. The fourth-order valence-electron chi connectivity index (χ4n) is 3.88. The van der Waals surface area contributed by atoms with E-state index in [0.29, 0.717) is 6.42 Å². The zero-order valence-electron chi connectivity index (χ0n) is 12.1. The topological polar surface area (TPSA) is 78.9 Å². The summed E-state index contributed by atoms with van der Waals surface area (Å²) in [5, 5.41) is 0. The van der Waals surface area contributed by atoms with Crippen LogP contribution >= 0.6 is 0 Å². The minimum atomic E-state index is -0.626. The minimum absolute atomic E-state index is 0.0452. The molecule has 0 aromatic heterocycles. The van der Waals surface area contributed by atoms with Crippen LogP contribution in [0.15, 0.2) is 12.2 Å². The van der Waals surface area contributed by atoms with Gasteiger partial charge in [-0.15, -0.1) is 0 Å². The molecule has 0 amide bonds. The first-order valence-electron chi connectivity index (χ1n) is 7.04. The average Bonchev–Trinajstić information content (AvgIpc) is 2.95. The quantitative estimate of drug-likeness (QED) is 0.437. The van der Waals surface area contributed by atoms with E-state index in [1.807, 2.05) is 6.92 Å². The van der Waals surface area contributed by atoms with Crippen molar-refractivity contribution in [2.45, 2.75) is 38.9 Å². The van der Waals surface area contributed by atoms with Gasteiger partial charge in [0.1, 0.15) is 12.2 Å². The number of ether oxygens (including phenoxy) is 3. The van der Waals surface area contributed by atoms with Gasteiger partial charge in [-0.05, 0) is 19.8 Å². The summed E-state index contributed by atoms with van der Waals surface area (Å²) in [4.78, 5) is 34.8. The summed E-state index contributed by atoms with van der Waals surface area (Å²) in [6, 6.07) is 0. The molecule has 2 saturated carbocycles. The smallest absolute Gasteiger partial charge is 0.344 e. The standard InChI is InChI=1S/C15H18O6/c1-7(2)13(17)19-6-10(16)20-12-11-8-4-15(12,3)5-9(8)14(18)21-11/h8-9,11-12H,1,4-6H2,2-3H3. The van der Waals surface area contributed by atoms with Crippen molar-refractivity contribution >= 4 is 17.9 Å². The third kappa shape index (κ3) is 2.13. The maximum absolute atomic E-state index is 11.8. The van der Waals surface area contributed by atoms with Crippen LogP contribution in [0, 0.1) is 17.3 Å². The first kappa shape index (κ1) is 14.1. The summed E-state index contributed by atoms with van der Waals surface area (Å²) < 4.78 is 15.5. The highest BCUT2D eigenvalue weighted by atomic mass is 16.6. The SMILES string of the molecule is C=C(C)C(=O)OCC(=O)OC1C2OC(=O)C3CC1(C)CC32. The van der Waals surface area contributed by atoms with Crippen LogP contribution in [-0.2, 0) is 28.6 Å². The zero-order chi connectivity index (χ0) is 15.4. The summed E-state index contributed by atoms with van der Waals surface area (Å²) in [5.74, 6) is -1.32.